The third kappa shape index (κ3) is 4.59. The highest BCUT2D eigenvalue weighted by Gasteiger charge is 2.13. The van der Waals surface area contributed by atoms with Crippen LogP contribution in [0.1, 0.15) is 13.8 Å². The van der Waals surface area contributed by atoms with Crippen LogP contribution in [0.3, 0.4) is 0 Å². The second-order valence-corrected chi connectivity index (χ2v) is 3.07. The van der Waals surface area contributed by atoms with Crippen molar-refractivity contribution in [2.45, 2.75) is 13.8 Å². The molecule has 4 nitrogen and oxygen atoms in total. The van der Waals surface area contributed by atoms with Gasteiger partial charge >= 0.3 is 5.97 Å². The Hall–Kier alpha value is -1.97. The number of para-hydroxylation sites is 1. The Morgan fingerprint density at radius 1 is 1.18 bits per heavy atom. The summed E-state index contributed by atoms with van der Waals surface area (Å²) in [6.45, 7) is 4.45. The van der Waals surface area contributed by atoms with Crippen LogP contribution in [0.5, 0.6) is 5.75 Å². The largest absolute Gasteiger partial charge is 0.497 e. The number of carbonyl (C=O) groups excluding carboxylic acids is 1. The van der Waals surface area contributed by atoms with Crippen molar-refractivity contribution in [2.24, 2.45) is 0 Å². The number of esters is 1. The van der Waals surface area contributed by atoms with Crippen molar-refractivity contribution in [1.29, 1.82) is 0 Å². The summed E-state index contributed by atoms with van der Waals surface area (Å²) in [5.74, 6) is -0.0238. The maximum atomic E-state index is 11.7. The molecule has 0 unspecified atom stereocenters. The maximum Gasteiger partial charge on any atom is 0.382 e. The van der Waals surface area contributed by atoms with E-state index in [1.54, 1.807) is 31.2 Å². The standard InChI is InChI=1S/C13H16O4/c1-3-15-10-12(16-4-2)13(14)17-11-8-6-5-7-9-11/h5-10H,3-4H2,1-2H3. The summed E-state index contributed by atoms with van der Waals surface area (Å²) in [5.41, 5.74) is 0. The molecule has 0 bridgehead atoms. The molecule has 0 amide bonds. The van der Waals surface area contributed by atoms with Gasteiger partial charge in [-0.1, -0.05) is 18.2 Å². The third-order valence-corrected chi connectivity index (χ3v) is 1.81. The first-order valence-corrected chi connectivity index (χ1v) is 5.49. The van der Waals surface area contributed by atoms with E-state index >= 15 is 0 Å². The number of hydrogen-bond acceptors (Lipinski definition) is 4. The first-order chi connectivity index (χ1) is 8.27. The zero-order chi connectivity index (χ0) is 12.5. The topological polar surface area (TPSA) is 44.8 Å². The molecule has 0 aromatic heterocycles. The molecule has 0 aliphatic carbocycles. The molecule has 92 valence electrons. The molecule has 1 aromatic rings. The number of benzene rings is 1. The second-order valence-electron chi connectivity index (χ2n) is 3.07. The molecule has 0 N–H and O–H groups in total. The SMILES string of the molecule is CCOC=C(OCC)C(=O)Oc1ccccc1. The van der Waals surface area contributed by atoms with Gasteiger partial charge in [-0.3, -0.25) is 0 Å². The Kier molecular flexibility index (Phi) is 5.64. The van der Waals surface area contributed by atoms with Gasteiger partial charge in [-0.05, 0) is 26.0 Å². The molecule has 0 spiro atoms. The van der Waals surface area contributed by atoms with E-state index in [0.29, 0.717) is 19.0 Å². The van der Waals surface area contributed by atoms with Gasteiger partial charge in [0.15, 0.2) is 0 Å². The van der Waals surface area contributed by atoms with Crippen LogP contribution >= 0.6 is 0 Å². The molecule has 17 heavy (non-hydrogen) atoms. The van der Waals surface area contributed by atoms with Crippen molar-refractivity contribution in [3.05, 3.63) is 42.4 Å². The van der Waals surface area contributed by atoms with E-state index in [1.165, 1.54) is 6.26 Å². The highest BCUT2D eigenvalue weighted by Crippen LogP contribution is 2.11. The molecule has 0 aliphatic rings. The van der Waals surface area contributed by atoms with E-state index in [2.05, 4.69) is 0 Å². The molecule has 1 aromatic carbocycles. The first kappa shape index (κ1) is 13.1. The van der Waals surface area contributed by atoms with Crippen molar-refractivity contribution in [1.82, 2.24) is 0 Å². The van der Waals surface area contributed by atoms with Gasteiger partial charge in [0, 0.05) is 0 Å². The zero-order valence-corrected chi connectivity index (χ0v) is 10.0. The van der Waals surface area contributed by atoms with Crippen LogP contribution in [0.25, 0.3) is 0 Å². The minimum absolute atomic E-state index is 0.0678. The average Bonchev–Trinajstić information content (AvgIpc) is 2.35. The lowest BCUT2D eigenvalue weighted by molar-refractivity contribution is -0.134. The summed E-state index contributed by atoms with van der Waals surface area (Å²) >= 11 is 0. The predicted molar refractivity (Wildman–Crippen MR) is 63.4 cm³/mol. The van der Waals surface area contributed by atoms with Crippen molar-refractivity contribution < 1.29 is 19.0 Å². The monoisotopic (exact) mass is 236 g/mol. The van der Waals surface area contributed by atoms with Crippen molar-refractivity contribution in [2.75, 3.05) is 13.2 Å². The minimum atomic E-state index is -0.563. The highest BCUT2D eigenvalue weighted by atomic mass is 16.6. The molecule has 0 radical (unpaired) electrons. The lowest BCUT2D eigenvalue weighted by Crippen LogP contribution is -2.14. The van der Waals surface area contributed by atoms with Gasteiger partial charge in [0.1, 0.15) is 12.0 Å². The van der Waals surface area contributed by atoms with Gasteiger partial charge in [-0.15, -0.1) is 0 Å². The van der Waals surface area contributed by atoms with E-state index in [4.69, 9.17) is 14.2 Å². The van der Waals surface area contributed by atoms with Crippen LogP contribution in [-0.2, 0) is 14.3 Å². The summed E-state index contributed by atoms with van der Waals surface area (Å²) in [7, 11) is 0. The lowest BCUT2D eigenvalue weighted by atomic mass is 10.3. The molecule has 0 aliphatic heterocycles. The smallest absolute Gasteiger partial charge is 0.382 e. The zero-order valence-electron chi connectivity index (χ0n) is 10.0. The van der Waals surface area contributed by atoms with Crippen LogP contribution in [0.4, 0.5) is 0 Å². The van der Waals surface area contributed by atoms with Crippen LogP contribution in [0, 0.1) is 0 Å². The number of ether oxygens (including phenoxy) is 3. The molecule has 1 rings (SSSR count). The Morgan fingerprint density at radius 2 is 1.88 bits per heavy atom. The predicted octanol–water partition coefficient (Wildman–Crippen LogP) is 2.51. The highest BCUT2D eigenvalue weighted by molar-refractivity contribution is 5.87. The fourth-order valence-corrected chi connectivity index (χ4v) is 1.10. The van der Waals surface area contributed by atoms with Gasteiger partial charge in [0.25, 0.3) is 0 Å². The fourth-order valence-electron chi connectivity index (χ4n) is 1.10. The van der Waals surface area contributed by atoms with E-state index in [-0.39, 0.29) is 5.76 Å². The fraction of sp³-hybridized carbons (Fsp3) is 0.308. The summed E-state index contributed by atoms with van der Waals surface area (Å²) in [5, 5.41) is 0. The molecular weight excluding hydrogens is 220 g/mol. The second kappa shape index (κ2) is 7.33. The van der Waals surface area contributed by atoms with E-state index in [0.717, 1.165) is 0 Å². The first-order valence-electron chi connectivity index (χ1n) is 5.49. The maximum absolute atomic E-state index is 11.7. The number of hydrogen-bond donors (Lipinski definition) is 0. The van der Waals surface area contributed by atoms with Gasteiger partial charge in [0.2, 0.25) is 5.76 Å². The third-order valence-electron chi connectivity index (χ3n) is 1.81. The molecule has 4 heteroatoms. The van der Waals surface area contributed by atoms with Crippen LogP contribution in [-0.4, -0.2) is 19.2 Å². The Balaban J connectivity index is 2.65. The van der Waals surface area contributed by atoms with Gasteiger partial charge in [-0.2, -0.15) is 0 Å². The minimum Gasteiger partial charge on any atom is -0.497 e. The molecule has 0 fully saturated rings. The van der Waals surface area contributed by atoms with E-state index in [1.807, 2.05) is 13.0 Å². The van der Waals surface area contributed by atoms with Gasteiger partial charge < -0.3 is 14.2 Å². The van der Waals surface area contributed by atoms with Crippen molar-refractivity contribution >= 4 is 5.97 Å². The summed E-state index contributed by atoms with van der Waals surface area (Å²) < 4.78 is 15.3. The molecule has 0 saturated carbocycles. The molecule has 0 atom stereocenters. The molecule has 0 saturated heterocycles. The quantitative estimate of drug-likeness (QED) is 0.329. The van der Waals surface area contributed by atoms with Crippen LogP contribution < -0.4 is 4.74 Å². The van der Waals surface area contributed by atoms with Crippen molar-refractivity contribution in [3.8, 4) is 5.75 Å². The normalized spacial score (nSPS) is 10.8. The number of carbonyl (C=O) groups is 1. The summed E-state index contributed by atoms with van der Waals surface area (Å²) in [6, 6.07) is 8.81. The van der Waals surface area contributed by atoms with Crippen LogP contribution in [0.2, 0.25) is 0 Å². The molecular formula is C13H16O4. The van der Waals surface area contributed by atoms with E-state index < -0.39 is 5.97 Å². The Labute approximate surface area is 101 Å². The van der Waals surface area contributed by atoms with Crippen LogP contribution in [0.15, 0.2) is 42.4 Å². The Morgan fingerprint density at radius 3 is 2.47 bits per heavy atom. The number of rotatable bonds is 6. The Bertz CT molecular complexity index is 370. The van der Waals surface area contributed by atoms with Crippen molar-refractivity contribution in [3.63, 3.8) is 0 Å². The summed E-state index contributed by atoms with van der Waals surface area (Å²) in [6.07, 6.45) is 1.27. The van der Waals surface area contributed by atoms with Gasteiger partial charge in [0.05, 0.1) is 13.2 Å². The molecule has 0 heterocycles. The summed E-state index contributed by atoms with van der Waals surface area (Å²) in [4.78, 5) is 11.7. The average molecular weight is 236 g/mol. The lowest BCUT2D eigenvalue weighted by Gasteiger charge is -2.08. The van der Waals surface area contributed by atoms with Gasteiger partial charge in [-0.25, -0.2) is 4.79 Å². The van der Waals surface area contributed by atoms with E-state index in [9.17, 15) is 4.79 Å².